The van der Waals surface area contributed by atoms with Gasteiger partial charge >= 0.3 is 0 Å². The van der Waals surface area contributed by atoms with Crippen LogP contribution < -0.4 is 0 Å². The molecule has 1 atom stereocenters. The van der Waals surface area contributed by atoms with Crippen LogP contribution in [-0.2, 0) is 10.4 Å². The Hall–Kier alpha value is -0.800. The second-order valence-electron chi connectivity index (χ2n) is 2.61. The van der Waals surface area contributed by atoms with E-state index in [1.807, 2.05) is 0 Å². The summed E-state index contributed by atoms with van der Waals surface area (Å²) in [5, 5.41) is 9.62. The second kappa shape index (κ2) is 3.29. The van der Waals surface area contributed by atoms with Crippen molar-refractivity contribution in [3.63, 3.8) is 0 Å². The summed E-state index contributed by atoms with van der Waals surface area (Å²) in [6, 6.07) is 3.13. The summed E-state index contributed by atoms with van der Waals surface area (Å²) in [6.07, 6.45) is 1.39. The molecule has 1 unspecified atom stereocenters. The molecule has 66 valence electrons. The zero-order chi connectivity index (χ0) is 9.19. The summed E-state index contributed by atoms with van der Waals surface area (Å²) in [4.78, 5) is 11.1. The van der Waals surface area contributed by atoms with Crippen molar-refractivity contribution in [2.24, 2.45) is 0 Å². The van der Waals surface area contributed by atoms with Crippen LogP contribution >= 0.6 is 11.6 Å². The number of hydrogen-bond acceptors (Lipinski definition) is 3. The van der Waals surface area contributed by atoms with Gasteiger partial charge in [0.1, 0.15) is 5.76 Å². The van der Waals surface area contributed by atoms with Gasteiger partial charge in [-0.1, -0.05) is 0 Å². The van der Waals surface area contributed by atoms with Crippen LogP contribution in [0.4, 0.5) is 0 Å². The number of carbonyl (C=O) groups is 1. The minimum atomic E-state index is -1.61. The molecule has 0 radical (unpaired) electrons. The molecule has 0 aliphatic rings. The molecule has 1 N–H and O–H groups in total. The van der Waals surface area contributed by atoms with Crippen molar-refractivity contribution < 1.29 is 14.3 Å². The number of carbonyl (C=O) groups excluding carboxylic acids is 1. The summed E-state index contributed by atoms with van der Waals surface area (Å²) < 4.78 is 4.89. The van der Waals surface area contributed by atoms with Gasteiger partial charge in [-0.3, -0.25) is 4.79 Å². The molecule has 1 heterocycles. The minimum absolute atomic E-state index is 0.216. The fourth-order valence-corrected chi connectivity index (χ4v) is 1.08. The maximum absolute atomic E-state index is 11.1. The lowest BCUT2D eigenvalue weighted by atomic mass is 9.99. The van der Waals surface area contributed by atoms with Crippen LogP contribution in [0.3, 0.4) is 0 Å². The van der Waals surface area contributed by atoms with Crippen molar-refractivity contribution in [2.45, 2.75) is 12.5 Å². The smallest absolute Gasteiger partial charge is 0.186 e. The van der Waals surface area contributed by atoms with Gasteiger partial charge in [0.05, 0.1) is 12.1 Å². The molecule has 1 aromatic heterocycles. The van der Waals surface area contributed by atoms with E-state index in [1.165, 1.54) is 19.3 Å². The number of alkyl halides is 1. The molecular weight excluding hydrogens is 180 g/mol. The third kappa shape index (κ3) is 1.52. The Morgan fingerprint density at radius 3 is 2.92 bits per heavy atom. The highest BCUT2D eigenvalue weighted by molar-refractivity contribution is 6.28. The molecule has 0 saturated carbocycles. The average Bonchev–Trinajstić information content (AvgIpc) is 2.55. The van der Waals surface area contributed by atoms with Gasteiger partial charge in [0.15, 0.2) is 11.4 Å². The van der Waals surface area contributed by atoms with E-state index in [-0.39, 0.29) is 11.6 Å². The molecule has 0 aromatic carbocycles. The van der Waals surface area contributed by atoms with Crippen LogP contribution in [0.25, 0.3) is 0 Å². The van der Waals surface area contributed by atoms with E-state index in [2.05, 4.69) is 0 Å². The highest BCUT2D eigenvalue weighted by Crippen LogP contribution is 2.22. The molecule has 0 bridgehead atoms. The number of halogens is 1. The van der Waals surface area contributed by atoms with Gasteiger partial charge in [0.25, 0.3) is 0 Å². The summed E-state index contributed by atoms with van der Waals surface area (Å²) in [6.45, 7) is 1.36. The molecule has 3 nitrogen and oxygen atoms in total. The summed E-state index contributed by atoms with van der Waals surface area (Å²) in [5.74, 6) is -0.486. The molecule has 0 aliphatic carbocycles. The van der Waals surface area contributed by atoms with Crippen molar-refractivity contribution in [3.8, 4) is 0 Å². The van der Waals surface area contributed by atoms with E-state index >= 15 is 0 Å². The average molecular weight is 189 g/mol. The Kier molecular flexibility index (Phi) is 2.55. The van der Waals surface area contributed by atoms with E-state index in [1.54, 1.807) is 6.07 Å². The molecule has 0 spiro atoms. The van der Waals surface area contributed by atoms with Crippen LogP contribution in [0, 0.1) is 0 Å². The molecule has 4 heteroatoms. The first kappa shape index (κ1) is 9.29. The standard InChI is InChI=1S/C8H9ClO3/c1-8(11,6(10)5-9)7-3-2-4-12-7/h2-4,11H,5H2,1H3. The fraction of sp³-hybridized carbons (Fsp3) is 0.375. The zero-order valence-electron chi connectivity index (χ0n) is 6.58. The first-order valence-electron chi connectivity index (χ1n) is 3.44. The fourth-order valence-electron chi connectivity index (χ4n) is 0.823. The first-order chi connectivity index (χ1) is 5.59. The van der Waals surface area contributed by atoms with Crippen LogP contribution in [0.2, 0.25) is 0 Å². The third-order valence-corrected chi connectivity index (χ3v) is 1.91. The Bertz CT molecular complexity index is 264. The molecule has 0 saturated heterocycles. The molecule has 1 rings (SSSR count). The Morgan fingerprint density at radius 1 is 1.83 bits per heavy atom. The lowest BCUT2D eigenvalue weighted by Crippen LogP contribution is -2.32. The van der Waals surface area contributed by atoms with Gasteiger partial charge in [-0.05, 0) is 19.1 Å². The Labute approximate surface area is 74.9 Å². The predicted molar refractivity (Wildman–Crippen MR) is 44.0 cm³/mol. The highest BCUT2D eigenvalue weighted by Gasteiger charge is 2.33. The van der Waals surface area contributed by atoms with E-state index < -0.39 is 11.4 Å². The normalized spacial score (nSPS) is 15.6. The van der Waals surface area contributed by atoms with Gasteiger partial charge in [0, 0.05) is 0 Å². The third-order valence-electron chi connectivity index (χ3n) is 1.67. The second-order valence-corrected chi connectivity index (χ2v) is 2.87. The summed E-state index contributed by atoms with van der Waals surface area (Å²) >= 11 is 5.30. The van der Waals surface area contributed by atoms with Crippen LogP contribution in [0.5, 0.6) is 0 Å². The van der Waals surface area contributed by atoms with Crippen LogP contribution in [0.15, 0.2) is 22.8 Å². The number of ketones is 1. The number of furan rings is 1. The maximum atomic E-state index is 11.1. The number of Topliss-reactive ketones (excluding diaryl/α,β-unsaturated/α-hetero) is 1. The van der Waals surface area contributed by atoms with E-state index in [4.69, 9.17) is 16.0 Å². The lowest BCUT2D eigenvalue weighted by molar-refractivity contribution is -0.135. The van der Waals surface area contributed by atoms with E-state index in [0.717, 1.165) is 0 Å². The summed E-state index contributed by atoms with van der Waals surface area (Å²) in [7, 11) is 0. The molecular formula is C8H9ClO3. The number of aliphatic hydroxyl groups is 1. The lowest BCUT2D eigenvalue weighted by Gasteiger charge is -2.17. The molecule has 12 heavy (non-hydrogen) atoms. The molecule has 0 fully saturated rings. The summed E-state index contributed by atoms with van der Waals surface area (Å²) in [5.41, 5.74) is -1.61. The van der Waals surface area contributed by atoms with Crippen LogP contribution in [-0.4, -0.2) is 16.8 Å². The van der Waals surface area contributed by atoms with Gasteiger partial charge in [0.2, 0.25) is 0 Å². The Balaban J connectivity index is 2.93. The van der Waals surface area contributed by atoms with Crippen molar-refractivity contribution in [1.29, 1.82) is 0 Å². The van der Waals surface area contributed by atoms with Crippen molar-refractivity contribution in [1.82, 2.24) is 0 Å². The topological polar surface area (TPSA) is 50.4 Å². The van der Waals surface area contributed by atoms with E-state index in [0.29, 0.717) is 0 Å². The van der Waals surface area contributed by atoms with E-state index in [9.17, 15) is 9.90 Å². The quantitative estimate of drug-likeness (QED) is 0.728. The van der Waals surface area contributed by atoms with Gasteiger partial charge in [-0.25, -0.2) is 0 Å². The maximum Gasteiger partial charge on any atom is 0.186 e. The largest absolute Gasteiger partial charge is 0.466 e. The molecule has 0 amide bonds. The zero-order valence-corrected chi connectivity index (χ0v) is 7.34. The predicted octanol–water partition coefficient (Wildman–Crippen LogP) is 1.29. The van der Waals surface area contributed by atoms with Gasteiger partial charge < -0.3 is 9.52 Å². The first-order valence-corrected chi connectivity index (χ1v) is 3.98. The SMILES string of the molecule is CC(O)(C(=O)CCl)c1ccco1. The Morgan fingerprint density at radius 2 is 2.50 bits per heavy atom. The minimum Gasteiger partial charge on any atom is -0.466 e. The van der Waals surface area contributed by atoms with Gasteiger partial charge in [-0.2, -0.15) is 0 Å². The van der Waals surface area contributed by atoms with Crippen molar-refractivity contribution >= 4 is 17.4 Å². The van der Waals surface area contributed by atoms with Crippen LogP contribution in [0.1, 0.15) is 12.7 Å². The molecule has 0 aliphatic heterocycles. The number of hydrogen-bond donors (Lipinski definition) is 1. The number of rotatable bonds is 3. The van der Waals surface area contributed by atoms with Gasteiger partial charge in [-0.15, -0.1) is 11.6 Å². The monoisotopic (exact) mass is 188 g/mol. The highest BCUT2D eigenvalue weighted by atomic mass is 35.5. The molecule has 1 aromatic rings. The van der Waals surface area contributed by atoms with Crippen molar-refractivity contribution in [2.75, 3.05) is 5.88 Å². The van der Waals surface area contributed by atoms with Crippen molar-refractivity contribution in [3.05, 3.63) is 24.2 Å².